The Morgan fingerprint density at radius 2 is 1.81 bits per heavy atom. The summed E-state index contributed by atoms with van der Waals surface area (Å²) in [6, 6.07) is 13.7. The zero-order valence-electron chi connectivity index (χ0n) is 15.9. The van der Waals surface area contributed by atoms with Crippen LogP contribution in [0.25, 0.3) is 0 Å². The van der Waals surface area contributed by atoms with Gasteiger partial charge in [0.25, 0.3) is 0 Å². The van der Waals surface area contributed by atoms with Crippen molar-refractivity contribution in [3.05, 3.63) is 58.6 Å². The van der Waals surface area contributed by atoms with E-state index in [1.807, 2.05) is 0 Å². The first-order valence-corrected chi connectivity index (χ1v) is 9.55. The van der Waals surface area contributed by atoms with Gasteiger partial charge in [-0.25, -0.2) is 0 Å². The number of anilines is 1. The smallest absolute Gasteiger partial charge is 0.238 e. The summed E-state index contributed by atoms with van der Waals surface area (Å²) in [4.78, 5) is 17.0. The van der Waals surface area contributed by atoms with E-state index in [-0.39, 0.29) is 5.91 Å². The summed E-state index contributed by atoms with van der Waals surface area (Å²) in [6.45, 7) is 7.17. The Bertz CT molecular complexity index is 789. The summed E-state index contributed by atoms with van der Waals surface area (Å²) < 4.78 is 5.28. The van der Waals surface area contributed by atoms with Gasteiger partial charge in [0, 0.05) is 37.7 Å². The minimum Gasteiger partial charge on any atom is -0.495 e. The summed E-state index contributed by atoms with van der Waals surface area (Å²) in [7, 11) is 1.58. The highest BCUT2D eigenvalue weighted by Crippen LogP contribution is 2.27. The molecule has 0 spiro atoms. The van der Waals surface area contributed by atoms with Crippen LogP contribution in [0.2, 0.25) is 5.02 Å². The predicted molar refractivity (Wildman–Crippen MR) is 110 cm³/mol. The maximum Gasteiger partial charge on any atom is 0.238 e. The molecule has 27 heavy (non-hydrogen) atoms. The minimum absolute atomic E-state index is 0.0529. The molecule has 0 radical (unpaired) electrons. The topological polar surface area (TPSA) is 44.8 Å². The third-order valence-corrected chi connectivity index (χ3v) is 5.16. The Morgan fingerprint density at radius 1 is 1.11 bits per heavy atom. The molecular formula is C21H26ClN3O2. The molecule has 0 bridgehead atoms. The van der Waals surface area contributed by atoms with Gasteiger partial charge in [0.15, 0.2) is 0 Å². The normalized spacial score (nSPS) is 15.5. The maximum absolute atomic E-state index is 12.4. The quantitative estimate of drug-likeness (QED) is 0.825. The molecule has 0 aromatic heterocycles. The Kier molecular flexibility index (Phi) is 6.72. The molecule has 144 valence electrons. The molecular weight excluding hydrogens is 362 g/mol. The molecule has 1 N–H and O–H groups in total. The standard InChI is InChI=1S/C21H26ClN3O2/c1-16-5-3-4-6-17(16)14-24-9-11-25(12-10-24)15-21(26)23-19-13-18(22)7-8-20(19)27-2/h3-8,13H,9-12,14-15H2,1-2H3,(H,23,26). The van der Waals surface area contributed by atoms with Crippen molar-refractivity contribution < 1.29 is 9.53 Å². The van der Waals surface area contributed by atoms with E-state index >= 15 is 0 Å². The highest BCUT2D eigenvalue weighted by atomic mass is 35.5. The van der Waals surface area contributed by atoms with Crippen LogP contribution in [0.1, 0.15) is 11.1 Å². The molecule has 3 rings (SSSR count). The number of carbonyl (C=O) groups excluding carboxylic acids is 1. The lowest BCUT2D eigenvalue weighted by Crippen LogP contribution is -2.48. The van der Waals surface area contributed by atoms with Gasteiger partial charge in [-0.2, -0.15) is 0 Å². The number of ether oxygens (including phenoxy) is 1. The van der Waals surface area contributed by atoms with Crippen molar-refractivity contribution in [3.63, 3.8) is 0 Å². The van der Waals surface area contributed by atoms with E-state index in [2.05, 4.69) is 46.3 Å². The fraction of sp³-hybridized carbons (Fsp3) is 0.381. The van der Waals surface area contributed by atoms with Crippen molar-refractivity contribution in [1.29, 1.82) is 0 Å². The van der Waals surface area contributed by atoms with Crippen molar-refractivity contribution >= 4 is 23.2 Å². The largest absolute Gasteiger partial charge is 0.495 e. The van der Waals surface area contributed by atoms with Gasteiger partial charge < -0.3 is 10.1 Å². The van der Waals surface area contributed by atoms with Crippen LogP contribution >= 0.6 is 11.6 Å². The van der Waals surface area contributed by atoms with Gasteiger partial charge in [-0.15, -0.1) is 0 Å². The maximum atomic E-state index is 12.4. The highest BCUT2D eigenvalue weighted by molar-refractivity contribution is 6.31. The molecule has 1 aliphatic heterocycles. The van der Waals surface area contributed by atoms with Crippen LogP contribution in [-0.4, -0.2) is 55.5 Å². The fourth-order valence-corrected chi connectivity index (χ4v) is 3.48. The van der Waals surface area contributed by atoms with Gasteiger partial charge in [-0.3, -0.25) is 14.6 Å². The molecule has 0 aliphatic carbocycles. The van der Waals surface area contributed by atoms with Crippen LogP contribution in [0.15, 0.2) is 42.5 Å². The highest BCUT2D eigenvalue weighted by Gasteiger charge is 2.20. The first kappa shape index (κ1) is 19.7. The SMILES string of the molecule is COc1ccc(Cl)cc1NC(=O)CN1CCN(Cc2ccccc2C)CC1. The number of halogens is 1. The molecule has 1 amide bonds. The summed E-state index contributed by atoms with van der Waals surface area (Å²) in [5.74, 6) is 0.554. The van der Waals surface area contributed by atoms with Crippen molar-refractivity contribution in [2.45, 2.75) is 13.5 Å². The number of hydrogen-bond donors (Lipinski definition) is 1. The lowest BCUT2D eigenvalue weighted by atomic mass is 10.1. The van der Waals surface area contributed by atoms with Crippen molar-refractivity contribution in [2.24, 2.45) is 0 Å². The number of nitrogens with zero attached hydrogens (tertiary/aromatic N) is 2. The summed E-state index contributed by atoms with van der Waals surface area (Å²) >= 11 is 6.02. The number of methoxy groups -OCH3 is 1. The van der Waals surface area contributed by atoms with Crippen molar-refractivity contribution in [3.8, 4) is 5.75 Å². The average molecular weight is 388 g/mol. The molecule has 0 unspecified atom stereocenters. The summed E-state index contributed by atoms with van der Waals surface area (Å²) in [5, 5.41) is 3.47. The monoisotopic (exact) mass is 387 g/mol. The fourth-order valence-electron chi connectivity index (χ4n) is 3.30. The number of carbonyl (C=O) groups is 1. The Balaban J connectivity index is 1.48. The lowest BCUT2D eigenvalue weighted by molar-refractivity contribution is -0.117. The van der Waals surface area contributed by atoms with E-state index < -0.39 is 0 Å². The Labute approximate surface area is 165 Å². The Hall–Kier alpha value is -2.08. The zero-order chi connectivity index (χ0) is 19.2. The molecule has 0 saturated carbocycles. The molecule has 0 atom stereocenters. The van der Waals surface area contributed by atoms with Crippen molar-refractivity contribution in [2.75, 3.05) is 45.2 Å². The number of hydrogen-bond acceptors (Lipinski definition) is 4. The van der Waals surface area contributed by atoms with Gasteiger partial charge in [0.2, 0.25) is 5.91 Å². The molecule has 2 aromatic rings. The minimum atomic E-state index is -0.0529. The first-order chi connectivity index (χ1) is 13.0. The zero-order valence-corrected chi connectivity index (χ0v) is 16.6. The number of rotatable bonds is 6. The molecule has 6 heteroatoms. The molecule has 5 nitrogen and oxygen atoms in total. The number of nitrogens with one attached hydrogen (secondary N) is 1. The third kappa shape index (κ3) is 5.45. The summed E-state index contributed by atoms with van der Waals surface area (Å²) in [5.41, 5.74) is 3.31. The van der Waals surface area contributed by atoms with Gasteiger partial charge >= 0.3 is 0 Å². The van der Waals surface area contributed by atoms with Gasteiger partial charge in [0.1, 0.15) is 5.75 Å². The van der Waals surface area contributed by atoms with E-state index in [0.717, 1.165) is 32.7 Å². The van der Waals surface area contributed by atoms with Crippen LogP contribution < -0.4 is 10.1 Å². The second-order valence-electron chi connectivity index (χ2n) is 6.87. The van der Waals surface area contributed by atoms with Crippen LogP contribution in [0.4, 0.5) is 5.69 Å². The van der Waals surface area contributed by atoms with Gasteiger partial charge in [0.05, 0.1) is 19.3 Å². The van der Waals surface area contributed by atoms with Crippen LogP contribution in [0, 0.1) is 6.92 Å². The summed E-state index contributed by atoms with van der Waals surface area (Å²) in [6.07, 6.45) is 0. The second-order valence-corrected chi connectivity index (χ2v) is 7.31. The van der Waals surface area contributed by atoms with E-state index in [4.69, 9.17) is 16.3 Å². The molecule has 1 fully saturated rings. The van der Waals surface area contributed by atoms with Crippen LogP contribution in [-0.2, 0) is 11.3 Å². The molecule has 1 heterocycles. The molecule has 1 aliphatic rings. The van der Waals surface area contributed by atoms with E-state index in [9.17, 15) is 4.79 Å². The van der Waals surface area contributed by atoms with E-state index in [0.29, 0.717) is 23.0 Å². The average Bonchev–Trinajstić information content (AvgIpc) is 2.65. The number of benzene rings is 2. The Morgan fingerprint density at radius 3 is 2.52 bits per heavy atom. The lowest BCUT2D eigenvalue weighted by Gasteiger charge is -2.34. The second kappa shape index (κ2) is 9.22. The van der Waals surface area contributed by atoms with Gasteiger partial charge in [-0.1, -0.05) is 35.9 Å². The third-order valence-electron chi connectivity index (χ3n) is 4.92. The van der Waals surface area contributed by atoms with Gasteiger partial charge in [-0.05, 0) is 36.2 Å². The van der Waals surface area contributed by atoms with Crippen LogP contribution in [0.3, 0.4) is 0 Å². The van der Waals surface area contributed by atoms with E-state index in [1.165, 1.54) is 11.1 Å². The van der Waals surface area contributed by atoms with E-state index in [1.54, 1.807) is 25.3 Å². The first-order valence-electron chi connectivity index (χ1n) is 9.18. The number of amides is 1. The predicted octanol–water partition coefficient (Wildman–Crippen LogP) is 3.41. The van der Waals surface area contributed by atoms with Crippen LogP contribution in [0.5, 0.6) is 5.75 Å². The number of aryl methyl sites for hydroxylation is 1. The molecule has 2 aromatic carbocycles. The molecule has 1 saturated heterocycles. The van der Waals surface area contributed by atoms with Crippen molar-refractivity contribution in [1.82, 2.24) is 9.80 Å². The number of piperazine rings is 1.